The Bertz CT molecular complexity index is 934. The average molecular weight is 407 g/mol. The molecule has 6 heteroatoms. The van der Waals surface area contributed by atoms with Crippen molar-refractivity contribution in [1.82, 2.24) is 4.98 Å². The van der Waals surface area contributed by atoms with Gasteiger partial charge in [0.1, 0.15) is 17.0 Å². The summed E-state index contributed by atoms with van der Waals surface area (Å²) < 4.78 is 0. The molecule has 0 aliphatic heterocycles. The van der Waals surface area contributed by atoms with Gasteiger partial charge < -0.3 is 22.7 Å². The van der Waals surface area contributed by atoms with Crippen molar-refractivity contribution in [3.63, 3.8) is 0 Å². The van der Waals surface area contributed by atoms with E-state index in [2.05, 4.69) is 4.98 Å². The molecule has 0 amide bonds. The fourth-order valence-corrected chi connectivity index (χ4v) is 2.27. The zero-order valence-electron chi connectivity index (χ0n) is 15.3. The summed E-state index contributed by atoms with van der Waals surface area (Å²) in [6.45, 7) is 2.85. The van der Waals surface area contributed by atoms with Crippen molar-refractivity contribution >= 4 is 16.7 Å². The van der Waals surface area contributed by atoms with Crippen LogP contribution in [0.4, 0.5) is 0 Å². The Hall–Kier alpha value is -2.82. The number of rotatable bonds is 2. The SMILES string of the molecule is CC(=O)C=C(C)O.Oc1ccccc1-c1ccc2cccc(O)c2n1.[CH3-].[Mn]. The number of carbonyl (C=O) groups excluding carboxylic acids is 1. The second-order valence-electron chi connectivity index (χ2n) is 5.46. The van der Waals surface area contributed by atoms with Gasteiger partial charge in [-0.15, -0.1) is 0 Å². The van der Waals surface area contributed by atoms with E-state index in [1.807, 2.05) is 24.3 Å². The van der Waals surface area contributed by atoms with Crippen molar-refractivity contribution in [3.8, 4) is 22.8 Å². The molecular formula is C21H22MnNO4-. The van der Waals surface area contributed by atoms with Crippen LogP contribution in [0.3, 0.4) is 0 Å². The van der Waals surface area contributed by atoms with Gasteiger partial charge in [-0.05, 0) is 38.1 Å². The number of aliphatic hydroxyl groups is 1. The molecule has 0 aliphatic rings. The monoisotopic (exact) mass is 407 g/mol. The predicted molar refractivity (Wildman–Crippen MR) is 104 cm³/mol. The number of fused-ring (bicyclic) bond motifs is 1. The predicted octanol–water partition coefficient (Wildman–Crippen LogP) is 4.80. The second-order valence-corrected chi connectivity index (χ2v) is 5.46. The molecule has 0 saturated heterocycles. The van der Waals surface area contributed by atoms with Gasteiger partial charge in [-0.1, -0.05) is 30.3 Å². The van der Waals surface area contributed by atoms with Gasteiger partial charge in [0.15, 0.2) is 5.78 Å². The molecule has 0 saturated carbocycles. The Morgan fingerprint density at radius 2 is 1.56 bits per heavy atom. The van der Waals surface area contributed by atoms with Crippen molar-refractivity contribution < 1.29 is 37.2 Å². The Balaban J connectivity index is 0.000000656. The molecule has 3 N–H and O–H groups in total. The summed E-state index contributed by atoms with van der Waals surface area (Å²) >= 11 is 0. The number of phenolic OH excluding ortho intramolecular Hbond substituents is 2. The minimum Gasteiger partial charge on any atom is -0.512 e. The second kappa shape index (κ2) is 11.0. The maximum absolute atomic E-state index is 10.0. The van der Waals surface area contributed by atoms with Crippen molar-refractivity contribution in [2.24, 2.45) is 0 Å². The van der Waals surface area contributed by atoms with E-state index in [9.17, 15) is 15.0 Å². The van der Waals surface area contributed by atoms with Crippen LogP contribution in [0.25, 0.3) is 22.2 Å². The molecule has 0 spiro atoms. The molecule has 2 aromatic carbocycles. The maximum atomic E-state index is 10.0. The Morgan fingerprint density at radius 3 is 2.11 bits per heavy atom. The number of aromatic hydroxyl groups is 2. The number of nitrogens with zero attached hydrogens (tertiary/aromatic N) is 1. The van der Waals surface area contributed by atoms with Crippen LogP contribution in [-0.4, -0.2) is 26.1 Å². The third kappa shape index (κ3) is 6.77. The largest absolute Gasteiger partial charge is 0.512 e. The molecule has 1 aromatic heterocycles. The first kappa shape index (κ1) is 24.2. The van der Waals surface area contributed by atoms with Crippen LogP contribution in [-0.2, 0) is 21.9 Å². The fourth-order valence-electron chi connectivity index (χ4n) is 2.27. The number of ketones is 1. The van der Waals surface area contributed by atoms with Gasteiger partial charge >= 0.3 is 0 Å². The summed E-state index contributed by atoms with van der Waals surface area (Å²) in [5, 5.41) is 28.8. The zero-order chi connectivity index (χ0) is 18.4. The van der Waals surface area contributed by atoms with Crippen LogP contribution in [0, 0.1) is 7.43 Å². The number of carbonyl (C=O) groups is 1. The van der Waals surface area contributed by atoms with E-state index in [4.69, 9.17) is 5.11 Å². The number of allylic oxidation sites excluding steroid dienone is 2. The first-order chi connectivity index (χ1) is 11.9. The molecule has 0 fully saturated rings. The van der Waals surface area contributed by atoms with Crippen LogP contribution in [0.2, 0.25) is 0 Å². The quantitative estimate of drug-likeness (QED) is 0.246. The third-order valence-corrected chi connectivity index (χ3v) is 3.29. The zero-order valence-corrected chi connectivity index (χ0v) is 16.5. The summed E-state index contributed by atoms with van der Waals surface area (Å²) in [7, 11) is 0. The number of para-hydroxylation sites is 2. The number of benzene rings is 2. The van der Waals surface area contributed by atoms with Gasteiger partial charge in [-0.25, -0.2) is 4.98 Å². The van der Waals surface area contributed by atoms with Gasteiger partial charge in [0, 0.05) is 34.1 Å². The van der Waals surface area contributed by atoms with E-state index >= 15 is 0 Å². The minimum absolute atomic E-state index is 0. The van der Waals surface area contributed by atoms with Crippen LogP contribution < -0.4 is 0 Å². The van der Waals surface area contributed by atoms with Crippen molar-refractivity contribution in [3.05, 3.63) is 73.9 Å². The first-order valence-electron chi connectivity index (χ1n) is 7.63. The Kier molecular flexibility index (Phi) is 9.86. The number of hydrogen-bond acceptors (Lipinski definition) is 5. The average Bonchev–Trinajstić information content (AvgIpc) is 2.55. The summed E-state index contributed by atoms with van der Waals surface area (Å²) in [5.41, 5.74) is 1.84. The van der Waals surface area contributed by atoms with Crippen LogP contribution >= 0.6 is 0 Å². The molecule has 3 rings (SSSR count). The molecule has 0 unspecified atom stereocenters. The summed E-state index contributed by atoms with van der Waals surface area (Å²) in [5.74, 6) is 0.261. The molecule has 27 heavy (non-hydrogen) atoms. The topological polar surface area (TPSA) is 90.7 Å². The van der Waals surface area contributed by atoms with Gasteiger partial charge in [0.2, 0.25) is 0 Å². The number of phenols is 2. The van der Waals surface area contributed by atoms with Crippen LogP contribution in [0.15, 0.2) is 66.4 Å². The number of pyridine rings is 1. The van der Waals surface area contributed by atoms with Gasteiger partial charge in [-0.2, -0.15) is 0 Å². The molecule has 3 aromatic rings. The van der Waals surface area contributed by atoms with E-state index in [-0.39, 0.29) is 47.5 Å². The van der Waals surface area contributed by atoms with E-state index in [0.717, 1.165) is 5.39 Å². The minimum atomic E-state index is -0.125. The van der Waals surface area contributed by atoms with Gasteiger partial charge in [-0.3, -0.25) is 4.79 Å². The third-order valence-electron chi connectivity index (χ3n) is 3.29. The number of aromatic nitrogens is 1. The molecule has 1 radical (unpaired) electrons. The van der Waals surface area contributed by atoms with E-state index in [1.54, 1.807) is 30.3 Å². The van der Waals surface area contributed by atoms with Crippen molar-refractivity contribution in [2.75, 3.05) is 0 Å². The van der Waals surface area contributed by atoms with Crippen LogP contribution in [0.1, 0.15) is 13.8 Å². The normalized spacial score (nSPS) is 10.1. The molecular weight excluding hydrogens is 385 g/mol. The standard InChI is InChI=1S/C15H11NO2.C5H8O2.CH3.Mn/c17-13-6-2-1-5-11(13)12-9-8-10-4-3-7-14(18)15(10)16-12;1-4(6)3-5(2)7;;/h1-9,17-18H;3,6H,1-2H3;1H3;/q;;-1;. The van der Waals surface area contributed by atoms with Crippen molar-refractivity contribution in [2.45, 2.75) is 13.8 Å². The van der Waals surface area contributed by atoms with Gasteiger partial charge in [0.25, 0.3) is 0 Å². The smallest absolute Gasteiger partial charge is 0.155 e. The molecule has 5 nitrogen and oxygen atoms in total. The number of hydrogen-bond donors (Lipinski definition) is 3. The molecule has 0 bridgehead atoms. The van der Waals surface area contributed by atoms with E-state index in [0.29, 0.717) is 16.8 Å². The molecule has 1 heterocycles. The molecule has 0 aliphatic carbocycles. The molecule has 0 atom stereocenters. The van der Waals surface area contributed by atoms with E-state index in [1.165, 1.54) is 19.9 Å². The fraction of sp³-hybridized carbons (Fsp3) is 0.0952. The molecule has 143 valence electrons. The Labute approximate surface area is 169 Å². The van der Waals surface area contributed by atoms with E-state index < -0.39 is 0 Å². The summed E-state index contributed by atoms with van der Waals surface area (Å²) in [6.07, 6.45) is 1.17. The summed E-state index contributed by atoms with van der Waals surface area (Å²) in [4.78, 5) is 14.4. The van der Waals surface area contributed by atoms with Crippen molar-refractivity contribution in [1.29, 1.82) is 0 Å². The first-order valence-corrected chi connectivity index (χ1v) is 7.63. The van der Waals surface area contributed by atoms with Crippen LogP contribution in [0.5, 0.6) is 11.5 Å². The summed E-state index contributed by atoms with van der Waals surface area (Å²) in [6, 6.07) is 16.0. The Morgan fingerprint density at radius 1 is 0.926 bits per heavy atom. The number of aliphatic hydroxyl groups excluding tert-OH is 1. The van der Waals surface area contributed by atoms with Gasteiger partial charge in [0.05, 0.1) is 11.5 Å². The maximum Gasteiger partial charge on any atom is 0.155 e.